The minimum absolute atomic E-state index is 0.105. The van der Waals surface area contributed by atoms with Crippen LogP contribution >= 0.6 is 0 Å². The van der Waals surface area contributed by atoms with Crippen LogP contribution in [0.5, 0.6) is 0 Å². The molecular formula is C19H28N4O. The Morgan fingerprint density at radius 3 is 2.79 bits per heavy atom. The summed E-state index contributed by atoms with van der Waals surface area (Å²) >= 11 is 0. The van der Waals surface area contributed by atoms with E-state index in [1.54, 1.807) is 6.26 Å². The van der Waals surface area contributed by atoms with Crippen LogP contribution in [0, 0.1) is 17.2 Å². The number of guanidine groups is 1. The molecule has 0 aliphatic heterocycles. The number of aliphatic imine (C=N–C) groups is 1. The molecule has 1 aromatic rings. The molecule has 24 heavy (non-hydrogen) atoms. The van der Waals surface area contributed by atoms with Crippen LogP contribution in [0.3, 0.4) is 0 Å². The third-order valence-corrected chi connectivity index (χ3v) is 5.16. The Morgan fingerprint density at radius 2 is 2.04 bits per heavy atom. The van der Waals surface area contributed by atoms with E-state index in [0.717, 1.165) is 37.4 Å². The number of hydrogen-bond donors (Lipinski definition) is 2. The van der Waals surface area contributed by atoms with Crippen molar-refractivity contribution in [1.82, 2.24) is 10.6 Å². The summed E-state index contributed by atoms with van der Waals surface area (Å²) in [5, 5.41) is 16.4. The number of nitrogens with one attached hydrogen (secondary N) is 2. The zero-order valence-electron chi connectivity index (χ0n) is 14.3. The molecule has 1 aromatic heterocycles. The maximum atomic E-state index is 9.31. The summed E-state index contributed by atoms with van der Waals surface area (Å²) in [6.45, 7) is 0.694. The van der Waals surface area contributed by atoms with E-state index in [2.05, 4.69) is 16.7 Å². The molecule has 0 spiro atoms. The molecule has 0 bridgehead atoms. The van der Waals surface area contributed by atoms with E-state index in [9.17, 15) is 5.26 Å². The van der Waals surface area contributed by atoms with Crippen molar-refractivity contribution in [3.63, 3.8) is 0 Å². The van der Waals surface area contributed by atoms with Crippen LogP contribution in [0.15, 0.2) is 27.8 Å². The van der Waals surface area contributed by atoms with Gasteiger partial charge in [0, 0.05) is 25.0 Å². The molecule has 1 heterocycles. The van der Waals surface area contributed by atoms with Gasteiger partial charge in [0.25, 0.3) is 0 Å². The molecule has 2 saturated carbocycles. The van der Waals surface area contributed by atoms with Gasteiger partial charge in [0.1, 0.15) is 5.76 Å². The fraction of sp³-hybridized carbons (Fsp3) is 0.684. The molecule has 0 amide bonds. The van der Waals surface area contributed by atoms with Gasteiger partial charge in [-0.05, 0) is 44.2 Å². The third kappa shape index (κ3) is 4.77. The van der Waals surface area contributed by atoms with Crippen molar-refractivity contribution in [2.75, 3.05) is 6.54 Å². The maximum absolute atomic E-state index is 9.31. The molecule has 0 saturated heterocycles. The molecule has 2 N–H and O–H groups in total. The molecule has 3 rings (SSSR count). The van der Waals surface area contributed by atoms with Gasteiger partial charge >= 0.3 is 0 Å². The van der Waals surface area contributed by atoms with Crippen molar-refractivity contribution in [1.29, 1.82) is 5.26 Å². The molecule has 2 aliphatic carbocycles. The molecule has 0 radical (unpaired) electrons. The van der Waals surface area contributed by atoms with Gasteiger partial charge in [-0.25, -0.2) is 0 Å². The predicted octanol–water partition coefficient (Wildman–Crippen LogP) is 3.38. The molecule has 2 fully saturated rings. The van der Waals surface area contributed by atoms with Crippen molar-refractivity contribution in [2.24, 2.45) is 10.9 Å². The van der Waals surface area contributed by atoms with Gasteiger partial charge in [-0.15, -0.1) is 0 Å². The lowest BCUT2D eigenvalue weighted by Gasteiger charge is -2.27. The average molecular weight is 328 g/mol. The first-order valence-electron chi connectivity index (χ1n) is 9.34. The van der Waals surface area contributed by atoms with E-state index in [1.165, 1.54) is 32.1 Å². The zero-order chi connectivity index (χ0) is 16.6. The van der Waals surface area contributed by atoms with Crippen LogP contribution in [0.2, 0.25) is 0 Å². The summed E-state index contributed by atoms with van der Waals surface area (Å²) in [6.07, 6.45) is 12.0. The Balaban J connectivity index is 1.59. The van der Waals surface area contributed by atoms with E-state index in [1.807, 2.05) is 12.1 Å². The second-order valence-corrected chi connectivity index (χ2v) is 6.96. The summed E-state index contributed by atoms with van der Waals surface area (Å²) in [7, 11) is 0. The minimum atomic E-state index is 0.105. The molecule has 2 aliphatic rings. The Labute approximate surface area is 144 Å². The fourth-order valence-corrected chi connectivity index (χ4v) is 3.77. The molecule has 5 heteroatoms. The average Bonchev–Trinajstić information content (AvgIpc) is 3.27. The Hall–Kier alpha value is -1.96. The van der Waals surface area contributed by atoms with Crippen LogP contribution in [0.1, 0.15) is 57.1 Å². The monoisotopic (exact) mass is 328 g/mol. The lowest BCUT2D eigenvalue weighted by atomic mass is 9.96. The van der Waals surface area contributed by atoms with Gasteiger partial charge in [-0.1, -0.05) is 19.3 Å². The lowest BCUT2D eigenvalue weighted by Crippen LogP contribution is -2.49. The molecule has 2 atom stereocenters. The fourth-order valence-electron chi connectivity index (χ4n) is 3.77. The highest BCUT2D eigenvalue weighted by molar-refractivity contribution is 5.80. The third-order valence-electron chi connectivity index (χ3n) is 5.16. The summed E-state index contributed by atoms with van der Waals surface area (Å²) in [6, 6.07) is 7.08. The van der Waals surface area contributed by atoms with E-state index in [-0.39, 0.29) is 12.0 Å². The highest BCUT2D eigenvalue weighted by Crippen LogP contribution is 2.25. The lowest BCUT2D eigenvalue weighted by molar-refractivity contribution is 0.405. The van der Waals surface area contributed by atoms with E-state index in [0.29, 0.717) is 12.6 Å². The van der Waals surface area contributed by atoms with Gasteiger partial charge in [0.15, 0.2) is 5.96 Å². The Morgan fingerprint density at radius 1 is 1.17 bits per heavy atom. The Kier molecular flexibility index (Phi) is 6.17. The first-order chi connectivity index (χ1) is 11.8. The minimum Gasteiger partial charge on any atom is -0.469 e. The smallest absolute Gasteiger partial charge is 0.191 e. The first kappa shape index (κ1) is 16.9. The topological polar surface area (TPSA) is 73.3 Å². The highest BCUT2D eigenvalue weighted by Gasteiger charge is 2.28. The first-order valence-corrected chi connectivity index (χ1v) is 9.34. The van der Waals surface area contributed by atoms with E-state index >= 15 is 0 Å². The summed E-state index contributed by atoms with van der Waals surface area (Å²) in [4.78, 5) is 4.75. The van der Waals surface area contributed by atoms with Crippen LogP contribution in [-0.4, -0.2) is 24.6 Å². The van der Waals surface area contributed by atoms with Crippen molar-refractivity contribution < 1.29 is 4.42 Å². The largest absolute Gasteiger partial charge is 0.469 e. The number of nitriles is 1. The predicted molar refractivity (Wildman–Crippen MR) is 94.6 cm³/mol. The normalized spacial score (nSPS) is 25.4. The second-order valence-electron chi connectivity index (χ2n) is 6.96. The van der Waals surface area contributed by atoms with Crippen molar-refractivity contribution in [3.05, 3.63) is 24.2 Å². The van der Waals surface area contributed by atoms with Gasteiger partial charge in [-0.2, -0.15) is 5.26 Å². The van der Waals surface area contributed by atoms with Gasteiger partial charge < -0.3 is 15.1 Å². The van der Waals surface area contributed by atoms with Crippen LogP contribution in [0.25, 0.3) is 0 Å². The molecule has 5 nitrogen and oxygen atoms in total. The van der Waals surface area contributed by atoms with Gasteiger partial charge in [-0.3, -0.25) is 4.99 Å². The van der Waals surface area contributed by atoms with Gasteiger partial charge in [0.2, 0.25) is 0 Å². The van der Waals surface area contributed by atoms with Crippen molar-refractivity contribution in [2.45, 2.75) is 69.9 Å². The SMILES string of the molecule is N#CC1CCCC1NC(=NCCc1ccco1)NC1CCCCC1. The van der Waals surface area contributed by atoms with E-state index < -0.39 is 0 Å². The second kappa shape index (κ2) is 8.77. The Bertz CT molecular complexity index is 554. The van der Waals surface area contributed by atoms with E-state index in [4.69, 9.17) is 9.41 Å². The van der Waals surface area contributed by atoms with Gasteiger partial charge in [0.05, 0.1) is 18.3 Å². The van der Waals surface area contributed by atoms with Crippen LogP contribution in [-0.2, 0) is 6.42 Å². The molecular weight excluding hydrogens is 300 g/mol. The summed E-state index contributed by atoms with van der Waals surface area (Å²) in [5.74, 6) is 1.94. The number of rotatable bonds is 5. The maximum Gasteiger partial charge on any atom is 0.191 e. The zero-order valence-corrected chi connectivity index (χ0v) is 14.3. The number of nitrogens with zero attached hydrogens (tertiary/aromatic N) is 2. The molecule has 0 aromatic carbocycles. The quantitative estimate of drug-likeness (QED) is 0.642. The number of hydrogen-bond acceptors (Lipinski definition) is 3. The molecule has 130 valence electrons. The van der Waals surface area contributed by atoms with Crippen LogP contribution < -0.4 is 10.6 Å². The summed E-state index contributed by atoms with van der Waals surface area (Å²) < 4.78 is 5.38. The van der Waals surface area contributed by atoms with Crippen molar-refractivity contribution >= 4 is 5.96 Å². The van der Waals surface area contributed by atoms with Crippen molar-refractivity contribution in [3.8, 4) is 6.07 Å². The highest BCUT2D eigenvalue weighted by atomic mass is 16.3. The number of furan rings is 1. The standard InChI is InChI=1S/C19H28N4O/c20-14-15-6-4-10-18(15)23-19(22-16-7-2-1-3-8-16)21-12-11-17-9-5-13-24-17/h5,9,13,15-16,18H,1-4,6-8,10-12H2,(H2,21,22,23). The van der Waals surface area contributed by atoms with Crippen LogP contribution in [0.4, 0.5) is 0 Å². The summed E-state index contributed by atoms with van der Waals surface area (Å²) in [5.41, 5.74) is 0. The molecule has 2 unspecified atom stereocenters.